The van der Waals surface area contributed by atoms with Crippen molar-refractivity contribution in [2.24, 2.45) is 10.2 Å². The van der Waals surface area contributed by atoms with Crippen LogP contribution in [-0.2, 0) is 9.47 Å². The first-order valence-electron chi connectivity index (χ1n) is 10.8. The molecule has 0 spiro atoms. The van der Waals surface area contributed by atoms with E-state index in [-0.39, 0.29) is 11.4 Å². The third-order valence-corrected chi connectivity index (χ3v) is 5.60. The summed E-state index contributed by atoms with van der Waals surface area (Å²) in [6, 6.07) is 4.29. The lowest BCUT2D eigenvalue weighted by molar-refractivity contribution is 0.197. The third-order valence-electron chi connectivity index (χ3n) is 4.84. The average molecular weight is 495 g/mol. The summed E-state index contributed by atoms with van der Waals surface area (Å²) < 4.78 is 11.7. The minimum atomic E-state index is 0.146. The summed E-state index contributed by atoms with van der Waals surface area (Å²) in [6.07, 6.45) is 4.72. The molecule has 0 aromatic carbocycles. The number of rotatable bonds is 13. The number of hydrogen-bond acceptors (Lipinski definition) is 12. The van der Waals surface area contributed by atoms with E-state index in [9.17, 15) is 10.5 Å². The molecule has 0 amide bonds. The number of pyridine rings is 1. The van der Waals surface area contributed by atoms with Gasteiger partial charge in [-0.15, -0.1) is 26.7 Å². The normalized spacial score (nSPS) is 10.9. The van der Waals surface area contributed by atoms with Gasteiger partial charge >= 0.3 is 0 Å². The van der Waals surface area contributed by atoms with Crippen LogP contribution in [0.2, 0.25) is 0 Å². The quantitative estimate of drug-likeness (QED) is 0.263. The highest BCUT2D eigenvalue weighted by atomic mass is 32.1. The number of thiazole rings is 1. The Labute approximate surface area is 207 Å². The van der Waals surface area contributed by atoms with Gasteiger partial charge in [0.25, 0.3) is 0 Å². The first-order valence-corrected chi connectivity index (χ1v) is 11.7. The van der Waals surface area contributed by atoms with Gasteiger partial charge in [-0.3, -0.25) is 0 Å². The molecule has 35 heavy (non-hydrogen) atoms. The van der Waals surface area contributed by atoms with Gasteiger partial charge in [-0.25, -0.2) is 14.6 Å². The molecule has 3 rings (SSSR count). The van der Waals surface area contributed by atoms with E-state index in [1.54, 1.807) is 33.5 Å². The SMILES string of the molecule is COCCCNc1nc(NCCCOC)c(/N=N/c2nn(-c3nccs3)cc2C#N)c(C)c1C#N. The molecule has 0 fully saturated rings. The van der Waals surface area contributed by atoms with Crippen LogP contribution < -0.4 is 10.6 Å². The second-order valence-corrected chi connectivity index (χ2v) is 8.13. The van der Waals surface area contributed by atoms with Gasteiger partial charge < -0.3 is 20.1 Å². The van der Waals surface area contributed by atoms with E-state index < -0.39 is 0 Å². The molecule has 3 aromatic heterocycles. The summed E-state index contributed by atoms with van der Waals surface area (Å²) in [5.74, 6) is 1.07. The molecule has 3 aromatic rings. The second-order valence-electron chi connectivity index (χ2n) is 7.25. The van der Waals surface area contributed by atoms with Crippen molar-refractivity contribution in [2.45, 2.75) is 19.8 Å². The molecule has 12 nitrogen and oxygen atoms in total. The number of nitrogens with zero attached hydrogens (tertiary/aromatic N) is 8. The molecule has 0 aliphatic rings. The summed E-state index contributed by atoms with van der Waals surface area (Å²) in [4.78, 5) is 8.82. The maximum Gasteiger partial charge on any atom is 0.213 e. The van der Waals surface area contributed by atoms with Gasteiger partial charge in [-0.05, 0) is 19.8 Å². The Kier molecular flexibility index (Phi) is 9.62. The van der Waals surface area contributed by atoms with E-state index >= 15 is 0 Å². The molecule has 0 aliphatic heterocycles. The molecular formula is C22H26N10O2S. The minimum absolute atomic E-state index is 0.146. The topological polar surface area (TPSA) is 158 Å². The van der Waals surface area contributed by atoms with Crippen LogP contribution in [0.3, 0.4) is 0 Å². The number of methoxy groups -OCH3 is 2. The van der Waals surface area contributed by atoms with Gasteiger partial charge in [0.1, 0.15) is 29.2 Å². The number of aromatic nitrogens is 4. The lowest BCUT2D eigenvalue weighted by Crippen LogP contribution is -2.12. The van der Waals surface area contributed by atoms with Crippen LogP contribution in [-0.4, -0.2) is 60.3 Å². The maximum atomic E-state index is 9.81. The number of hydrogen-bond donors (Lipinski definition) is 2. The largest absolute Gasteiger partial charge is 0.385 e. The molecule has 182 valence electrons. The molecule has 0 unspecified atom stereocenters. The van der Waals surface area contributed by atoms with Gasteiger partial charge in [0.15, 0.2) is 5.82 Å². The molecule has 0 bridgehead atoms. The van der Waals surface area contributed by atoms with Crippen molar-refractivity contribution in [3.8, 4) is 17.3 Å². The molecule has 0 aliphatic carbocycles. The van der Waals surface area contributed by atoms with E-state index in [4.69, 9.17) is 9.47 Å². The van der Waals surface area contributed by atoms with Crippen LogP contribution in [0, 0.1) is 29.6 Å². The summed E-state index contributed by atoms with van der Waals surface area (Å²) in [5, 5.41) is 41.2. The summed E-state index contributed by atoms with van der Waals surface area (Å²) >= 11 is 1.38. The van der Waals surface area contributed by atoms with Gasteiger partial charge in [-0.2, -0.15) is 10.5 Å². The second kappa shape index (κ2) is 13.1. The Morgan fingerprint density at radius 2 is 1.77 bits per heavy atom. The van der Waals surface area contributed by atoms with E-state index in [1.165, 1.54) is 16.0 Å². The number of nitriles is 2. The van der Waals surface area contributed by atoms with Crippen molar-refractivity contribution in [3.63, 3.8) is 0 Å². The number of ether oxygens (including phenoxy) is 2. The van der Waals surface area contributed by atoms with Gasteiger partial charge in [-0.1, -0.05) is 0 Å². The lowest BCUT2D eigenvalue weighted by atomic mass is 10.1. The standard InChI is InChI=1S/C22H26N10O2S/c1-15-17(13-24)20(25-6-4-9-33-2)28-21(26-7-5-10-34-3)18(15)29-30-19-16(12-23)14-32(31-19)22-27-8-11-35-22/h8,11,14H,4-7,9-10H2,1-3H3,(H2,25,26,28)/b30-29+. The van der Waals surface area contributed by atoms with Crippen molar-refractivity contribution in [2.75, 3.05) is 51.2 Å². The van der Waals surface area contributed by atoms with Crippen LogP contribution in [0.4, 0.5) is 23.1 Å². The van der Waals surface area contributed by atoms with Gasteiger partial charge in [0.05, 0.1) is 11.8 Å². The van der Waals surface area contributed by atoms with Gasteiger partial charge in [0, 0.05) is 57.7 Å². The average Bonchev–Trinajstić information content (AvgIpc) is 3.54. The Morgan fingerprint density at radius 3 is 2.37 bits per heavy atom. The zero-order valence-electron chi connectivity index (χ0n) is 19.8. The van der Waals surface area contributed by atoms with Crippen molar-refractivity contribution in [1.29, 1.82) is 10.5 Å². The van der Waals surface area contributed by atoms with Crippen molar-refractivity contribution < 1.29 is 9.47 Å². The molecule has 13 heteroatoms. The molecule has 0 saturated carbocycles. The molecule has 2 N–H and O–H groups in total. The van der Waals surface area contributed by atoms with Crippen molar-refractivity contribution in [3.05, 3.63) is 34.5 Å². The predicted octanol–water partition coefficient (Wildman–Crippen LogP) is 4.09. The third kappa shape index (κ3) is 6.58. The maximum absolute atomic E-state index is 9.81. The number of azo groups is 1. The van der Waals surface area contributed by atoms with E-state index in [0.717, 1.165) is 12.8 Å². The van der Waals surface area contributed by atoms with E-state index in [0.29, 0.717) is 59.9 Å². The summed E-state index contributed by atoms with van der Waals surface area (Å²) in [7, 11) is 3.28. The van der Waals surface area contributed by atoms with Gasteiger partial charge in [0.2, 0.25) is 10.9 Å². The summed E-state index contributed by atoms with van der Waals surface area (Å²) in [6.45, 7) is 4.14. The lowest BCUT2D eigenvalue weighted by Gasteiger charge is -2.15. The fourth-order valence-corrected chi connectivity index (χ4v) is 3.66. The van der Waals surface area contributed by atoms with Crippen LogP contribution in [0.5, 0.6) is 0 Å². The Bertz CT molecular complexity index is 1220. The van der Waals surface area contributed by atoms with Crippen LogP contribution in [0.1, 0.15) is 29.5 Å². The predicted molar refractivity (Wildman–Crippen MR) is 132 cm³/mol. The van der Waals surface area contributed by atoms with Crippen molar-refractivity contribution in [1.82, 2.24) is 19.7 Å². The Balaban J connectivity index is 1.96. The highest BCUT2D eigenvalue weighted by molar-refractivity contribution is 7.12. The molecule has 0 saturated heterocycles. The van der Waals surface area contributed by atoms with Crippen LogP contribution >= 0.6 is 11.3 Å². The van der Waals surface area contributed by atoms with Crippen LogP contribution in [0.25, 0.3) is 5.13 Å². The van der Waals surface area contributed by atoms with E-state index in [2.05, 4.69) is 48.1 Å². The number of nitrogens with one attached hydrogen (secondary N) is 2. The zero-order chi connectivity index (χ0) is 25.0. The highest BCUT2D eigenvalue weighted by Crippen LogP contribution is 2.35. The molecular weight excluding hydrogens is 468 g/mol. The minimum Gasteiger partial charge on any atom is -0.385 e. The summed E-state index contributed by atoms with van der Waals surface area (Å²) in [5.41, 5.74) is 1.62. The zero-order valence-corrected chi connectivity index (χ0v) is 20.6. The first-order chi connectivity index (χ1) is 17.1. The molecule has 3 heterocycles. The first kappa shape index (κ1) is 25.7. The molecule has 0 radical (unpaired) electrons. The Morgan fingerprint density at radius 1 is 1.06 bits per heavy atom. The Hall–Kier alpha value is -3.91. The molecule has 0 atom stereocenters. The van der Waals surface area contributed by atoms with Crippen LogP contribution in [0.15, 0.2) is 28.0 Å². The monoisotopic (exact) mass is 494 g/mol. The smallest absolute Gasteiger partial charge is 0.213 e. The fourth-order valence-electron chi connectivity index (χ4n) is 3.09. The van der Waals surface area contributed by atoms with Crippen molar-refractivity contribution >= 4 is 34.5 Å². The fraction of sp³-hybridized carbons (Fsp3) is 0.409. The number of anilines is 2. The highest BCUT2D eigenvalue weighted by Gasteiger charge is 2.18. The van der Waals surface area contributed by atoms with E-state index in [1.807, 2.05) is 5.38 Å².